The second-order valence-electron chi connectivity index (χ2n) is 8.56. The number of likely N-dealkylation sites (tertiary alicyclic amines) is 1. The van der Waals surface area contributed by atoms with Crippen LogP contribution in [0.3, 0.4) is 0 Å². The summed E-state index contributed by atoms with van der Waals surface area (Å²) in [5.41, 5.74) is 3.01. The van der Waals surface area contributed by atoms with Gasteiger partial charge in [0.15, 0.2) is 5.78 Å². The predicted molar refractivity (Wildman–Crippen MR) is 126 cm³/mol. The van der Waals surface area contributed by atoms with E-state index in [9.17, 15) is 14.0 Å². The molecule has 5 nitrogen and oxygen atoms in total. The number of nitrogens with zero attached hydrogens (tertiary/aromatic N) is 1. The van der Waals surface area contributed by atoms with Crippen molar-refractivity contribution in [2.75, 3.05) is 25.0 Å². The summed E-state index contributed by atoms with van der Waals surface area (Å²) < 4.78 is 19.5. The Morgan fingerprint density at radius 3 is 2.64 bits per heavy atom. The van der Waals surface area contributed by atoms with Gasteiger partial charge in [0, 0.05) is 28.8 Å². The molecule has 1 saturated heterocycles. The monoisotopic (exact) mass is 444 g/mol. The van der Waals surface area contributed by atoms with Gasteiger partial charge in [-0.05, 0) is 75.3 Å². The number of fused-ring (bicyclic) bond motifs is 1. The lowest BCUT2D eigenvalue weighted by molar-refractivity contribution is -0.110. The number of benzene rings is 2. The van der Waals surface area contributed by atoms with Crippen LogP contribution in [0.4, 0.5) is 10.1 Å². The summed E-state index contributed by atoms with van der Waals surface area (Å²) in [7, 11) is 0. The SMILES string of the molecule is O=C1Nc2ccc(F)cc2/C1=C\c1ccc(-c2ccc(C(=O)CCCN3CCCC3)cc2)o1. The minimum Gasteiger partial charge on any atom is -0.457 e. The van der Waals surface area contributed by atoms with E-state index in [0.717, 1.165) is 31.6 Å². The molecule has 6 heteroatoms. The molecule has 2 aliphatic rings. The zero-order valence-electron chi connectivity index (χ0n) is 18.3. The molecule has 3 aromatic rings. The van der Waals surface area contributed by atoms with Crippen LogP contribution < -0.4 is 5.32 Å². The molecule has 0 aliphatic carbocycles. The zero-order valence-corrected chi connectivity index (χ0v) is 18.3. The molecule has 2 aliphatic heterocycles. The Bertz CT molecular complexity index is 1220. The fourth-order valence-electron chi connectivity index (χ4n) is 4.47. The van der Waals surface area contributed by atoms with Gasteiger partial charge in [-0.25, -0.2) is 4.39 Å². The number of hydrogen-bond acceptors (Lipinski definition) is 4. The lowest BCUT2D eigenvalue weighted by Gasteiger charge is -2.13. The van der Waals surface area contributed by atoms with E-state index in [2.05, 4.69) is 10.2 Å². The fraction of sp³-hybridized carbons (Fsp3) is 0.259. The molecule has 1 fully saturated rings. The molecular weight excluding hydrogens is 419 g/mol. The minimum atomic E-state index is -0.401. The van der Waals surface area contributed by atoms with Crippen LogP contribution in [0.1, 0.15) is 47.4 Å². The van der Waals surface area contributed by atoms with Crippen molar-refractivity contribution in [1.82, 2.24) is 4.90 Å². The van der Waals surface area contributed by atoms with Crippen molar-refractivity contribution >= 4 is 29.0 Å². The highest BCUT2D eigenvalue weighted by molar-refractivity contribution is 6.34. The van der Waals surface area contributed by atoms with Gasteiger partial charge in [0.25, 0.3) is 5.91 Å². The van der Waals surface area contributed by atoms with Crippen molar-refractivity contribution in [3.8, 4) is 11.3 Å². The minimum absolute atomic E-state index is 0.156. The highest BCUT2D eigenvalue weighted by Gasteiger charge is 2.25. The summed E-state index contributed by atoms with van der Waals surface area (Å²) in [6, 6.07) is 15.2. The second kappa shape index (κ2) is 9.16. The third kappa shape index (κ3) is 4.66. The molecule has 0 spiro atoms. The summed E-state index contributed by atoms with van der Waals surface area (Å²) in [4.78, 5) is 27.2. The largest absolute Gasteiger partial charge is 0.457 e. The molecule has 3 heterocycles. The molecule has 168 valence electrons. The van der Waals surface area contributed by atoms with Gasteiger partial charge in [0.2, 0.25) is 0 Å². The number of anilines is 1. The molecule has 0 atom stereocenters. The van der Waals surface area contributed by atoms with E-state index in [1.54, 1.807) is 18.2 Å². The number of nitrogens with one attached hydrogen (secondary N) is 1. The van der Waals surface area contributed by atoms with Crippen LogP contribution in [0.5, 0.6) is 0 Å². The number of Topliss-reactive ketones (excluding diaryl/α,β-unsaturated/α-hetero) is 1. The smallest absolute Gasteiger partial charge is 0.256 e. The normalized spacial score (nSPS) is 16.9. The van der Waals surface area contributed by atoms with Gasteiger partial charge in [0.05, 0.1) is 5.57 Å². The first-order valence-corrected chi connectivity index (χ1v) is 11.4. The van der Waals surface area contributed by atoms with Crippen molar-refractivity contribution in [3.05, 3.63) is 77.3 Å². The van der Waals surface area contributed by atoms with Crippen LogP contribution in [-0.2, 0) is 4.79 Å². The number of amides is 1. The molecule has 1 amide bonds. The maximum atomic E-state index is 13.6. The van der Waals surface area contributed by atoms with Crippen LogP contribution in [-0.4, -0.2) is 36.2 Å². The molecule has 5 rings (SSSR count). The van der Waals surface area contributed by atoms with E-state index in [4.69, 9.17) is 4.42 Å². The lowest BCUT2D eigenvalue weighted by Crippen LogP contribution is -2.21. The molecule has 1 aromatic heterocycles. The second-order valence-corrected chi connectivity index (χ2v) is 8.56. The average Bonchev–Trinajstić information content (AvgIpc) is 3.56. The molecule has 0 unspecified atom stereocenters. The van der Waals surface area contributed by atoms with Crippen molar-refractivity contribution < 1.29 is 18.4 Å². The van der Waals surface area contributed by atoms with Gasteiger partial charge in [-0.3, -0.25) is 9.59 Å². The van der Waals surface area contributed by atoms with E-state index in [1.807, 2.05) is 30.3 Å². The maximum Gasteiger partial charge on any atom is 0.256 e. The van der Waals surface area contributed by atoms with Crippen molar-refractivity contribution in [1.29, 1.82) is 0 Å². The molecule has 0 bridgehead atoms. The maximum absolute atomic E-state index is 13.6. The first-order valence-electron chi connectivity index (χ1n) is 11.4. The topological polar surface area (TPSA) is 62.6 Å². The highest BCUT2D eigenvalue weighted by atomic mass is 19.1. The van der Waals surface area contributed by atoms with Gasteiger partial charge in [-0.15, -0.1) is 0 Å². The Labute approximate surface area is 191 Å². The van der Waals surface area contributed by atoms with Crippen LogP contribution in [0, 0.1) is 5.82 Å². The number of ketones is 1. The number of hydrogen-bond donors (Lipinski definition) is 1. The standard InChI is InChI=1S/C27H25FN2O3/c28-20-9-11-24-22(16-20)23(27(32)29-24)17-21-10-12-26(33-21)19-7-5-18(6-8-19)25(31)4-3-15-30-13-1-2-14-30/h5-12,16-17H,1-4,13-15H2,(H,29,32)/b23-17+. The van der Waals surface area contributed by atoms with Gasteiger partial charge in [0.1, 0.15) is 17.3 Å². The number of rotatable bonds is 7. The molecule has 0 saturated carbocycles. The zero-order chi connectivity index (χ0) is 22.8. The Kier molecular flexibility index (Phi) is 5.92. The van der Waals surface area contributed by atoms with Crippen LogP contribution in [0.15, 0.2) is 59.0 Å². The Hall–Kier alpha value is -3.51. The summed E-state index contributed by atoms with van der Waals surface area (Å²) in [5.74, 6) is 0.592. The predicted octanol–water partition coefficient (Wildman–Crippen LogP) is 5.64. The quantitative estimate of drug-likeness (QED) is 0.379. The molecule has 2 aromatic carbocycles. The van der Waals surface area contributed by atoms with Crippen LogP contribution in [0.25, 0.3) is 23.0 Å². The molecular formula is C27H25FN2O3. The third-order valence-corrected chi connectivity index (χ3v) is 6.25. The van der Waals surface area contributed by atoms with Crippen molar-refractivity contribution in [2.24, 2.45) is 0 Å². The van der Waals surface area contributed by atoms with Crippen LogP contribution >= 0.6 is 0 Å². The van der Waals surface area contributed by atoms with E-state index in [1.165, 1.54) is 25.0 Å². The summed E-state index contributed by atoms with van der Waals surface area (Å²) in [6.45, 7) is 3.29. The van der Waals surface area contributed by atoms with Crippen molar-refractivity contribution in [2.45, 2.75) is 25.7 Å². The first kappa shape index (κ1) is 21.3. The summed E-state index contributed by atoms with van der Waals surface area (Å²) in [5, 5.41) is 2.73. The van der Waals surface area contributed by atoms with E-state index < -0.39 is 5.82 Å². The Morgan fingerprint density at radius 2 is 1.85 bits per heavy atom. The molecule has 1 N–H and O–H groups in total. The number of carbonyl (C=O) groups is 2. The van der Waals surface area contributed by atoms with Gasteiger partial charge >= 0.3 is 0 Å². The first-order chi connectivity index (χ1) is 16.1. The summed E-state index contributed by atoms with van der Waals surface area (Å²) >= 11 is 0. The number of carbonyl (C=O) groups excluding carboxylic acids is 2. The van der Waals surface area contributed by atoms with E-state index in [-0.39, 0.29) is 11.7 Å². The van der Waals surface area contributed by atoms with E-state index in [0.29, 0.717) is 40.3 Å². The van der Waals surface area contributed by atoms with Crippen LogP contribution in [0.2, 0.25) is 0 Å². The molecule has 0 radical (unpaired) electrons. The Morgan fingerprint density at radius 1 is 1.06 bits per heavy atom. The number of halogens is 1. The van der Waals surface area contributed by atoms with E-state index >= 15 is 0 Å². The average molecular weight is 445 g/mol. The van der Waals surface area contributed by atoms with Gasteiger partial charge in [-0.2, -0.15) is 0 Å². The fourth-order valence-corrected chi connectivity index (χ4v) is 4.47. The highest BCUT2D eigenvalue weighted by Crippen LogP contribution is 2.34. The van der Waals surface area contributed by atoms with Crippen molar-refractivity contribution in [3.63, 3.8) is 0 Å². The Balaban J connectivity index is 1.26. The van der Waals surface area contributed by atoms with Gasteiger partial charge < -0.3 is 14.6 Å². The lowest BCUT2D eigenvalue weighted by atomic mass is 10.0. The van der Waals surface area contributed by atoms with Gasteiger partial charge in [-0.1, -0.05) is 24.3 Å². The molecule has 33 heavy (non-hydrogen) atoms. The summed E-state index contributed by atoms with van der Waals surface area (Å²) in [6.07, 6.45) is 5.58. The third-order valence-electron chi connectivity index (χ3n) is 6.25. The number of furan rings is 1.